The van der Waals surface area contributed by atoms with Crippen molar-refractivity contribution in [3.8, 4) is 5.75 Å². The number of sulfone groups is 1. The molecule has 2 N–H and O–H groups in total. The van der Waals surface area contributed by atoms with Crippen molar-refractivity contribution < 1.29 is 13.2 Å². The molecule has 0 bridgehead atoms. The van der Waals surface area contributed by atoms with Crippen molar-refractivity contribution in [2.75, 3.05) is 30.8 Å². The van der Waals surface area contributed by atoms with Gasteiger partial charge in [0.2, 0.25) is 15.8 Å². The summed E-state index contributed by atoms with van der Waals surface area (Å²) in [7, 11) is -2.30. The molecule has 0 spiro atoms. The predicted octanol–water partition coefficient (Wildman–Crippen LogP) is 3.19. The summed E-state index contributed by atoms with van der Waals surface area (Å²) in [4.78, 5) is 10.6. The van der Waals surface area contributed by atoms with Crippen molar-refractivity contribution in [1.29, 1.82) is 0 Å². The maximum absolute atomic E-state index is 12.9. The van der Waals surface area contributed by atoms with Gasteiger partial charge < -0.3 is 15.4 Å². The number of nitrogens with two attached hydrogens (primary N) is 1. The minimum Gasteiger partial charge on any atom is -0.497 e. The number of aromatic nitrogens is 2. The summed E-state index contributed by atoms with van der Waals surface area (Å²) in [5, 5.41) is 0. The van der Waals surface area contributed by atoms with Crippen LogP contribution < -0.4 is 15.4 Å². The highest BCUT2D eigenvalue weighted by atomic mass is 32.2. The van der Waals surface area contributed by atoms with Crippen LogP contribution in [-0.4, -0.2) is 38.6 Å². The van der Waals surface area contributed by atoms with Crippen molar-refractivity contribution in [2.45, 2.75) is 16.2 Å². The van der Waals surface area contributed by atoms with Crippen LogP contribution in [-0.2, 0) is 9.84 Å². The first kappa shape index (κ1) is 19.9. The first-order valence-corrected chi connectivity index (χ1v) is 11.0. The normalized spacial score (nSPS) is 14.3. The Labute approximate surface area is 175 Å². The summed E-state index contributed by atoms with van der Waals surface area (Å²) in [5.41, 5.74) is 8.51. The molecule has 0 fully saturated rings. The minimum atomic E-state index is -3.82. The van der Waals surface area contributed by atoms with E-state index in [2.05, 4.69) is 28.2 Å². The van der Waals surface area contributed by atoms with Gasteiger partial charge in [-0.15, -0.1) is 0 Å². The number of benzene rings is 2. The van der Waals surface area contributed by atoms with Crippen LogP contribution >= 0.6 is 0 Å². The van der Waals surface area contributed by atoms with Gasteiger partial charge in [0.15, 0.2) is 0 Å². The first-order chi connectivity index (χ1) is 14.5. The molecule has 8 heteroatoms. The summed E-state index contributed by atoms with van der Waals surface area (Å²) in [6.07, 6.45) is 4.27. The predicted molar refractivity (Wildman–Crippen MR) is 116 cm³/mol. The maximum atomic E-state index is 12.9. The molecule has 0 atom stereocenters. The number of rotatable bonds is 5. The van der Waals surface area contributed by atoms with Crippen molar-refractivity contribution in [2.24, 2.45) is 0 Å². The average Bonchev–Trinajstić information content (AvgIpc) is 2.79. The molecule has 0 saturated carbocycles. The Balaban J connectivity index is 1.55. The largest absolute Gasteiger partial charge is 0.497 e. The minimum absolute atomic E-state index is 0.0614. The van der Waals surface area contributed by atoms with Gasteiger partial charge in [-0.25, -0.2) is 13.4 Å². The number of hydrogen-bond donors (Lipinski definition) is 1. The number of nitrogen functional groups attached to an aromatic ring is 1. The monoisotopic (exact) mass is 422 g/mol. The fourth-order valence-corrected chi connectivity index (χ4v) is 4.64. The highest BCUT2D eigenvalue weighted by Crippen LogP contribution is 2.28. The highest BCUT2D eigenvalue weighted by molar-refractivity contribution is 7.91. The molecule has 1 aliphatic heterocycles. The number of hydrogen-bond acceptors (Lipinski definition) is 7. The Bertz CT molecular complexity index is 1180. The molecule has 7 nitrogen and oxygen atoms in total. The van der Waals surface area contributed by atoms with E-state index in [1.807, 2.05) is 23.1 Å². The van der Waals surface area contributed by atoms with E-state index in [4.69, 9.17) is 10.5 Å². The van der Waals surface area contributed by atoms with E-state index in [1.165, 1.54) is 36.6 Å². The molecule has 30 heavy (non-hydrogen) atoms. The molecule has 0 amide bonds. The van der Waals surface area contributed by atoms with Crippen LogP contribution in [0.25, 0.3) is 5.57 Å². The second kappa shape index (κ2) is 8.16. The zero-order valence-corrected chi connectivity index (χ0v) is 17.3. The summed E-state index contributed by atoms with van der Waals surface area (Å²) < 4.78 is 30.9. The summed E-state index contributed by atoms with van der Waals surface area (Å²) >= 11 is 0. The lowest BCUT2D eigenvalue weighted by atomic mass is 10.00. The van der Waals surface area contributed by atoms with Crippen LogP contribution in [0.3, 0.4) is 0 Å². The quantitative estimate of drug-likeness (QED) is 0.674. The van der Waals surface area contributed by atoms with Gasteiger partial charge >= 0.3 is 0 Å². The van der Waals surface area contributed by atoms with Gasteiger partial charge in [0.05, 0.1) is 18.2 Å². The molecule has 1 aromatic heterocycles. The van der Waals surface area contributed by atoms with Gasteiger partial charge in [0.1, 0.15) is 16.5 Å². The summed E-state index contributed by atoms with van der Waals surface area (Å²) in [5.74, 6) is 0.930. The number of methoxy groups -OCH3 is 1. The number of anilines is 2. The Morgan fingerprint density at radius 2 is 1.80 bits per heavy atom. The van der Waals surface area contributed by atoms with E-state index in [0.29, 0.717) is 18.2 Å². The van der Waals surface area contributed by atoms with E-state index in [9.17, 15) is 8.42 Å². The Morgan fingerprint density at radius 1 is 1.07 bits per heavy atom. The number of ether oxygens (including phenoxy) is 1. The maximum Gasteiger partial charge on any atom is 0.227 e. The van der Waals surface area contributed by atoms with E-state index < -0.39 is 9.84 Å². The molecule has 2 heterocycles. The SMILES string of the molecule is COc1ccc(S(=O)(=O)c2cnc(N3CC=C(c4ccccc4)CC3)nc2N)cc1. The third-order valence-corrected chi connectivity index (χ3v) is 6.85. The van der Waals surface area contributed by atoms with Crippen molar-refractivity contribution in [1.82, 2.24) is 9.97 Å². The topological polar surface area (TPSA) is 98.4 Å². The molecule has 0 aliphatic carbocycles. The third-order valence-electron chi connectivity index (χ3n) is 5.07. The summed E-state index contributed by atoms with van der Waals surface area (Å²) in [6, 6.07) is 16.3. The first-order valence-electron chi connectivity index (χ1n) is 9.50. The molecule has 3 aromatic rings. The second-order valence-corrected chi connectivity index (χ2v) is 8.81. The fraction of sp³-hybridized carbons (Fsp3) is 0.182. The second-order valence-electron chi connectivity index (χ2n) is 6.89. The van der Waals surface area contributed by atoms with Crippen LogP contribution in [0.15, 0.2) is 76.7 Å². The van der Waals surface area contributed by atoms with Crippen LogP contribution in [0.4, 0.5) is 11.8 Å². The van der Waals surface area contributed by atoms with E-state index in [0.717, 1.165) is 13.0 Å². The lowest BCUT2D eigenvalue weighted by Gasteiger charge is -2.27. The van der Waals surface area contributed by atoms with Gasteiger partial charge in [-0.3, -0.25) is 0 Å². The van der Waals surface area contributed by atoms with Crippen LogP contribution in [0.2, 0.25) is 0 Å². The average molecular weight is 423 g/mol. The molecule has 1 aliphatic rings. The summed E-state index contributed by atoms with van der Waals surface area (Å²) in [6.45, 7) is 1.36. The molecule has 4 rings (SSSR count). The Kier molecular flexibility index (Phi) is 5.41. The molecule has 0 unspecified atom stereocenters. The Hall–Kier alpha value is -3.39. The highest BCUT2D eigenvalue weighted by Gasteiger charge is 2.24. The fourth-order valence-electron chi connectivity index (χ4n) is 3.38. The smallest absolute Gasteiger partial charge is 0.227 e. The molecule has 0 radical (unpaired) electrons. The van der Waals surface area contributed by atoms with Gasteiger partial charge in [0, 0.05) is 13.1 Å². The standard InChI is InChI=1S/C22H22N4O3S/c1-29-18-7-9-19(10-8-18)30(27,28)20-15-24-22(25-21(20)23)26-13-11-17(12-14-26)16-5-3-2-4-6-16/h2-11,15H,12-14H2,1H3,(H2,23,24,25). The van der Waals surface area contributed by atoms with Crippen molar-refractivity contribution in [3.05, 3.63) is 72.4 Å². The van der Waals surface area contributed by atoms with Gasteiger partial charge in [-0.1, -0.05) is 36.4 Å². The van der Waals surface area contributed by atoms with Gasteiger partial charge in [-0.2, -0.15) is 4.98 Å². The van der Waals surface area contributed by atoms with E-state index >= 15 is 0 Å². The van der Waals surface area contributed by atoms with Crippen LogP contribution in [0.1, 0.15) is 12.0 Å². The van der Waals surface area contributed by atoms with Gasteiger partial charge in [-0.05, 0) is 41.8 Å². The van der Waals surface area contributed by atoms with Crippen LogP contribution in [0, 0.1) is 0 Å². The Morgan fingerprint density at radius 3 is 2.40 bits per heavy atom. The van der Waals surface area contributed by atoms with Gasteiger partial charge in [0.25, 0.3) is 0 Å². The van der Waals surface area contributed by atoms with E-state index in [-0.39, 0.29) is 15.6 Å². The lowest BCUT2D eigenvalue weighted by molar-refractivity contribution is 0.414. The zero-order chi connectivity index (χ0) is 21.1. The van der Waals surface area contributed by atoms with E-state index in [1.54, 1.807) is 12.1 Å². The van der Waals surface area contributed by atoms with Crippen molar-refractivity contribution >= 4 is 27.2 Å². The molecular weight excluding hydrogens is 400 g/mol. The molecule has 154 valence electrons. The third kappa shape index (κ3) is 3.86. The zero-order valence-electron chi connectivity index (χ0n) is 16.5. The molecule has 2 aromatic carbocycles. The molecular formula is C22H22N4O3S. The molecule has 0 saturated heterocycles. The van der Waals surface area contributed by atoms with Crippen LogP contribution in [0.5, 0.6) is 5.75 Å². The lowest BCUT2D eigenvalue weighted by Crippen LogP contribution is -2.30. The van der Waals surface area contributed by atoms with Crippen molar-refractivity contribution in [3.63, 3.8) is 0 Å². The number of nitrogens with zero attached hydrogens (tertiary/aromatic N) is 3.